The second-order valence-electron chi connectivity index (χ2n) is 7.32. The zero-order valence-electron chi connectivity index (χ0n) is 17.0. The van der Waals surface area contributed by atoms with Crippen molar-refractivity contribution in [3.05, 3.63) is 78.4 Å². The Balaban J connectivity index is 1.73. The third kappa shape index (κ3) is 5.11. The molecule has 0 radical (unpaired) electrons. The van der Waals surface area contributed by atoms with Crippen LogP contribution in [-0.2, 0) is 4.79 Å². The summed E-state index contributed by atoms with van der Waals surface area (Å²) in [5, 5.41) is 19.0. The molecule has 0 spiro atoms. The first-order valence-electron chi connectivity index (χ1n) is 9.87. The van der Waals surface area contributed by atoms with E-state index in [0.29, 0.717) is 28.5 Å². The number of aryl methyl sites for hydroxylation is 1. The summed E-state index contributed by atoms with van der Waals surface area (Å²) in [5.41, 5.74) is 4.78. The van der Waals surface area contributed by atoms with E-state index in [1.54, 1.807) is 36.4 Å². The van der Waals surface area contributed by atoms with Crippen LogP contribution in [0.15, 0.2) is 87.8 Å². The smallest absolute Gasteiger partial charge is 0.183 e. The number of hydrogen-bond acceptors (Lipinski definition) is 6. The molecule has 0 saturated heterocycles. The maximum atomic E-state index is 12.8. The second kappa shape index (κ2) is 8.75. The average molecular weight is 411 g/mol. The number of carbonyl (C=O) groups excluding carboxylic acids is 1. The monoisotopic (exact) mass is 411 g/mol. The molecule has 1 aliphatic carbocycles. The number of rotatable bonds is 3. The maximum Gasteiger partial charge on any atom is 0.183 e. The summed E-state index contributed by atoms with van der Waals surface area (Å²) < 4.78 is 0. The van der Waals surface area contributed by atoms with Crippen LogP contribution in [0.25, 0.3) is 0 Å². The van der Waals surface area contributed by atoms with E-state index in [2.05, 4.69) is 9.98 Å². The van der Waals surface area contributed by atoms with Crippen LogP contribution in [0.3, 0.4) is 0 Å². The van der Waals surface area contributed by atoms with E-state index in [-0.39, 0.29) is 30.1 Å². The van der Waals surface area contributed by atoms with E-state index in [1.165, 1.54) is 12.1 Å². The molecule has 0 aromatic heterocycles. The maximum absolute atomic E-state index is 12.8. The third-order valence-electron chi connectivity index (χ3n) is 4.84. The Bertz CT molecular complexity index is 1190. The van der Waals surface area contributed by atoms with Gasteiger partial charge in [0.2, 0.25) is 0 Å². The van der Waals surface area contributed by atoms with Crippen LogP contribution < -0.4 is 0 Å². The Labute approximate surface area is 180 Å². The summed E-state index contributed by atoms with van der Waals surface area (Å²) in [6.45, 7) is 2.00. The van der Waals surface area contributed by atoms with E-state index >= 15 is 0 Å². The lowest BCUT2D eigenvalue weighted by Gasteiger charge is -2.17. The fourth-order valence-corrected chi connectivity index (χ4v) is 3.17. The number of aromatic hydroxyl groups is 2. The van der Waals surface area contributed by atoms with Crippen molar-refractivity contribution in [3.8, 4) is 11.5 Å². The van der Waals surface area contributed by atoms with Gasteiger partial charge in [-0.2, -0.15) is 0 Å². The average Bonchev–Trinajstić information content (AvgIpc) is 2.76. The Hall–Kier alpha value is -4.06. The standard InChI is InChI=1S/C25H21N3O3/c1-16-2-4-17(5-3-16)27-23-15-25(31)24(28-19-8-12-21(30)13-9-19)14-22(23)26-18-6-10-20(29)11-7-18/h2-13,29-30H,14-15H2,1H3. The molecule has 3 aromatic carbocycles. The van der Waals surface area contributed by atoms with Crippen LogP contribution in [0.4, 0.5) is 17.1 Å². The minimum Gasteiger partial charge on any atom is -0.508 e. The molecule has 0 heterocycles. The molecule has 1 saturated carbocycles. The summed E-state index contributed by atoms with van der Waals surface area (Å²) in [6, 6.07) is 20.7. The summed E-state index contributed by atoms with van der Waals surface area (Å²) in [7, 11) is 0. The number of phenols is 2. The molecule has 0 bridgehead atoms. The summed E-state index contributed by atoms with van der Waals surface area (Å²) in [5.74, 6) is 0.190. The summed E-state index contributed by atoms with van der Waals surface area (Å²) in [4.78, 5) is 26.7. The molecule has 0 unspecified atom stereocenters. The van der Waals surface area contributed by atoms with Gasteiger partial charge in [0, 0.05) is 6.42 Å². The van der Waals surface area contributed by atoms with Crippen molar-refractivity contribution in [2.45, 2.75) is 19.8 Å². The highest BCUT2D eigenvalue weighted by molar-refractivity contribution is 6.62. The predicted octanol–water partition coefficient (Wildman–Crippen LogP) is 5.39. The van der Waals surface area contributed by atoms with E-state index < -0.39 is 0 Å². The Kier molecular flexibility index (Phi) is 5.71. The SMILES string of the molecule is Cc1ccc(N=C2CC(=O)C(=Nc3ccc(O)cc3)CC2=Nc2ccc(O)cc2)cc1. The van der Waals surface area contributed by atoms with Gasteiger partial charge < -0.3 is 10.2 Å². The van der Waals surface area contributed by atoms with Gasteiger partial charge in [0.15, 0.2) is 5.78 Å². The van der Waals surface area contributed by atoms with Gasteiger partial charge in [0.1, 0.15) is 11.5 Å². The molecule has 6 nitrogen and oxygen atoms in total. The molecular formula is C25H21N3O3. The number of Topliss-reactive ketones (excluding diaryl/α,β-unsaturated/α-hetero) is 1. The van der Waals surface area contributed by atoms with E-state index in [0.717, 1.165) is 11.3 Å². The molecule has 1 fully saturated rings. The zero-order valence-corrected chi connectivity index (χ0v) is 17.0. The third-order valence-corrected chi connectivity index (χ3v) is 4.84. The van der Waals surface area contributed by atoms with Gasteiger partial charge >= 0.3 is 0 Å². The van der Waals surface area contributed by atoms with E-state index in [9.17, 15) is 15.0 Å². The Morgan fingerprint density at radius 2 is 0.968 bits per heavy atom. The molecule has 3 aromatic rings. The van der Waals surface area contributed by atoms with Crippen molar-refractivity contribution in [2.24, 2.45) is 15.0 Å². The van der Waals surface area contributed by atoms with Gasteiger partial charge in [-0.1, -0.05) is 17.7 Å². The van der Waals surface area contributed by atoms with Gasteiger partial charge in [0.05, 0.1) is 40.6 Å². The lowest BCUT2D eigenvalue weighted by atomic mass is 9.92. The van der Waals surface area contributed by atoms with Crippen LogP contribution in [-0.4, -0.2) is 33.1 Å². The molecule has 0 aliphatic heterocycles. The molecule has 4 rings (SSSR count). The van der Waals surface area contributed by atoms with E-state index in [1.807, 2.05) is 31.2 Å². The fourth-order valence-electron chi connectivity index (χ4n) is 3.17. The fraction of sp³-hybridized carbons (Fsp3) is 0.120. The quantitative estimate of drug-likeness (QED) is 0.605. The highest BCUT2D eigenvalue weighted by atomic mass is 16.3. The number of carbonyl (C=O) groups is 1. The van der Waals surface area contributed by atoms with Gasteiger partial charge in [-0.3, -0.25) is 14.8 Å². The molecule has 31 heavy (non-hydrogen) atoms. The number of phenolic OH excluding ortho intramolecular Hbond substituents is 2. The molecule has 1 aliphatic rings. The molecule has 2 N–H and O–H groups in total. The van der Waals surface area contributed by atoms with Crippen LogP contribution in [0.1, 0.15) is 18.4 Å². The summed E-state index contributed by atoms with van der Waals surface area (Å²) in [6.07, 6.45) is 0.340. The van der Waals surface area contributed by atoms with Crippen molar-refractivity contribution in [1.82, 2.24) is 0 Å². The molecule has 0 amide bonds. The lowest BCUT2D eigenvalue weighted by Crippen LogP contribution is -2.33. The van der Waals surface area contributed by atoms with Crippen LogP contribution in [0.2, 0.25) is 0 Å². The number of hydrogen-bond donors (Lipinski definition) is 2. The molecule has 6 heteroatoms. The summed E-state index contributed by atoms with van der Waals surface area (Å²) >= 11 is 0. The minimum atomic E-state index is -0.108. The van der Waals surface area contributed by atoms with Gasteiger partial charge in [-0.15, -0.1) is 0 Å². The number of benzene rings is 3. The number of aliphatic imine (C=N–C) groups is 3. The number of ketones is 1. The molecule has 154 valence electrons. The minimum absolute atomic E-state index is 0.0989. The Morgan fingerprint density at radius 1 is 0.581 bits per heavy atom. The number of nitrogens with zero attached hydrogens (tertiary/aromatic N) is 3. The highest BCUT2D eigenvalue weighted by Crippen LogP contribution is 2.24. The highest BCUT2D eigenvalue weighted by Gasteiger charge is 2.27. The van der Waals surface area contributed by atoms with Crippen molar-refractivity contribution in [2.75, 3.05) is 0 Å². The van der Waals surface area contributed by atoms with Crippen molar-refractivity contribution >= 4 is 40.0 Å². The first-order chi connectivity index (χ1) is 15.0. The van der Waals surface area contributed by atoms with Crippen LogP contribution in [0.5, 0.6) is 11.5 Å². The van der Waals surface area contributed by atoms with Crippen molar-refractivity contribution < 1.29 is 15.0 Å². The second-order valence-corrected chi connectivity index (χ2v) is 7.32. The first-order valence-corrected chi connectivity index (χ1v) is 9.87. The largest absolute Gasteiger partial charge is 0.508 e. The van der Waals surface area contributed by atoms with Gasteiger partial charge in [-0.25, -0.2) is 4.99 Å². The topological polar surface area (TPSA) is 94.6 Å². The molecular weight excluding hydrogens is 390 g/mol. The van der Waals surface area contributed by atoms with Gasteiger partial charge in [-0.05, 0) is 67.6 Å². The van der Waals surface area contributed by atoms with Gasteiger partial charge in [0.25, 0.3) is 0 Å². The van der Waals surface area contributed by atoms with Crippen molar-refractivity contribution in [3.63, 3.8) is 0 Å². The first kappa shape index (κ1) is 20.2. The zero-order chi connectivity index (χ0) is 21.8. The molecule has 0 atom stereocenters. The lowest BCUT2D eigenvalue weighted by molar-refractivity contribution is -0.112. The van der Waals surface area contributed by atoms with Crippen molar-refractivity contribution in [1.29, 1.82) is 0 Å². The predicted molar refractivity (Wildman–Crippen MR) is 123 cm³/mol. The normalized spacial score (nSPS) is 18.1. The van der Waals surface area contributed by atoms with E-state index in [4.69, 9.17) is 4.99 Å². The van der Waals surface area contributed by atoms with Crippen LogP contribution in [0, 0.1) is 6.92 Å². The Morgan fingerprint density at radius 3 is 1.45 bits per heavy atom. The van der Waals surface area contributed by atoms with Crippen LogP contribution >= 0.6 is 0 Å².